The van der Waals surface area contributed by atoms with Crippen LogP contribution in [0.2, 0.25) is 0 Å². The van der Waals surface area contributed by atoms with Gasteiger partial charge >= 0.3 is 6.18 Å². The Morgan fingerprint density at radius 3 is 2.23 bits per heavy atom. The van der Waals surface area contributed by atoms with E-state index in [9.17, 15) is 21.6 Å². The molecule has 1 aliphatic rings. The third-order valence-corrected chi connectivity index (χ3v) is 7.03. The van der Waals surface area contributed by atoms with Gasteiger partial charge in [0.2, 0.25) is 10.0 Å². The molecular weight excluding hydrogens is 413 g/mol. The summed E-state index contributed by atoms with van der Waals surface area (Å²) in [5.41, 5.74) is -0.656. The van der Waals surface area contributed by atoms with Crippen molar-refractivity contribution in [2.24, 2.45) is 11.8 Å². The number of sulfonamides is 1. The molecule has 1 N–H and O–H groups in total. The fourth-order valence-corrected chi connectivity index (χ4v) is 5.17. The molecule has 8 heteroatoms. The minimum Gasteiger partial charge on any atom is -0.371 e. The number of hydrogen-bond acceptors (Lipinski definition) is 3. The zero-order chi connectivity index (χ0) is 22.4. The normalized spacial score (nSPS) is 15.0. The predicted octanol–water partition coefficient (Wildman–Crippen LogP) is 5.83. The molecule has 4 nitrogen and oxygen atoms in total. The molecule has 0 atom stereocenters. The van der Waals surface area contributed by atoms with Crippen LogP contribution in [0, 0.1) is 11.8 Å². The molecule has 172 valence electrons. The van der Waals surface area contributed by atoms with Gasteiger partial charge in [-0.2, -0.15) is 13.2 Å². The van der Waals surface area contributed by atoms with Crippen LogP contribution >= 0.6 is 0 Å². The topological polar surface area (TPSA) is 49.4 Å². The molecule has 30 heavy (non-hydrogen) atoms. The van der Waals surface area contributed by atoms with E-state index in [2.05, 4.69) is 4.72 Å². The lowest BCUT2D eigenvalue weighted by atomic mass is 9.99. The second-order valence-electron chi connectivity index (χ2n) is 8.36. The number of alkyl halides is 3. The van der Waals surface area contributed by atoms with Crippen molar-refractivity contribution in [3.63, 3.8) is 0 Å². The Balaban J connectivity index is 2.31. The van der Waals surface area contributed by atoms with Crippen molar-refractivity contribution in [1.82, 2.24) is 4.72 Å². The number of hydrogen-bond donors (Lipinski definition) is 1. The van der Waals surface area contributed by atoms with Crippen LogP contribution in [0.25, 0.3) is 0 Å². The Hall–Kier alpha value is -1.28. The number of halogens is 3. The third kappa shape index (κ3) is 7.15. The van der Waals surface area contributed by atoms with Gasteiger partial charge in [-0.1, -0.05) is 33.6 Å². The first-order chi connectivity index (χ1) is 14.1. The lowest BCUT2D eigenvalue weighted by Gasteiger charge is -2.26. The van der Waals surface area contributed by atoms with Crippen LogP contribution in [-0.4, -0.2) is 28.1 Å². The van der Waals surface area contributed by atoms with E-state index in [0.29, 0.717) is 24.7 Å². The molecule has 0 amide bonds. The molecule has 0 radical (unpaired) electrons. The average molecular weight is 449 g/mol. The molecule has 1 saturated carbocycles. The monoisotopic (exact) mass is 448 g/mol. The summed E-state index contributed by atoms with van der Waals surface area (Å²) in [6.45, 7) is 7.53. The second-order valence-corrected chi connectivity index (χ2v) is 10.1. The average Bonchev–Trinajstić information content (AvgIpc) is 3.49. The van der Waals surface area contributed by atoms with Crippen LogP contribution in [0.15, 0.2) is 23.1 Å². The fourth-order valence-electron chi connectivity index (χ4n) is 3.85. The van der Waals surface area contributed by atoms with Gasteiger partial charge in [-0.25, -0.2) is 13.1 Å². The van der Waals surface area contributed by atoms with Crippen molar-refractivity contribution in [2.75, 3.05) is 24.5 Å². The maximum atomic E-state index is 13.8. The van der Waals surface area contributed by atoms with Gasteiger partial charge in [0, 0.05) is 25.3 Å². The lowest BCUT2D eigenvalue weighted by Crippen LogP contribution is -2.31. The van der Waals surface area contributed by atoms with Gasteiger partial charge in [-0.15, -0.1) is 0 Å². The van der Waals surface area contributed by atoms with Crippen molar-refractivity contribution in [3.05, 3.63) is 23.8 Å². The summed E-state index contributed by atoms with van der Waals surface area (Å²) in [4.78, 5) is 1.25. The Morgan fingerprint density at radius 2 is 1.73 bits per heavy atom. The number of benzene rings is 1. The number of nitrogens with zero attached hydrogens (tertiary/aromatic N) is 1. The van der Waals surface area contributed by atoms with Crippen LogP contribution in [0.4, 0.5) is 18.9 Å². The zero-order valence-electron chi connectivity index (χ0n) is 18.3. The summed E-state index contributed by atoms with van der Waals surface area (Å²) >= 11 is 0. The van der Waals surface area contributed by atoms with Crippen LogP contribution in [0.1, 0.15) is 71.3 Å². The highest BCUT2D eigenvalue weighted by Crippen LogP contribution is 2.38. The summed E-state index contributed by atoms with van der Waals surface area (Å²) in [7, 11) is -4.26. The molecule has 0 heterocycles. The van der Waals surface area contributed by atoms with Crippen LogP contribution < -0.4 is 9.62 Å². The SMILES string of the molecule is CCCC(CCC)CNS(=O)(=O)c1ccc(N(CCC)CC2CC2)cc1C(F)(F)F. The number of nitrogens with one attached hydrogen (secondary N) is 1. The number of rotatable bonds is 13. The van der Waals surface area contributed by atoms with E-state index in [1.807, 2.05) is 25.7 Å². The highest BCUT2D eigenvalue weighted by Gasteiger charge is 2.38. The van der Waals surface area contributed by atoms with Crippen LogP contribution in [0.5, 0.6) is 0 Å². The molecule has 0 bridgehead atoms. The molecule has 0 spiro atoms. The number of anilines is 1. The summed E-state index contributed by atoms with van der Waals surface area (Å²) < 4.78 is 69.4. The molecule has 0 aromatic heterocycles. The van der Waals surface area contributed by atoms with E-state index in [4.69, 9.17) is 0 Å². The van der Waals surface area contributed by atoms with Crippen LogP contribution in [-0.2, 0) is 16.2 Å². The summed E-state index contributed by atoms with van der Waals surface area (Å²) in [5, 5.41) is 0. The van der Waals surface area contributed by atoms with E-state index in [-0.39, 0.29) is 12.5 Å². The van der Waals surface area contributed by atoms with Gasteiger partial charge in [0.1, 0.15) is 0 Å². The maximum absolute atomic E-state index is 13.8. The zero-order valence-corrected chi connectivity index (χ0v) is 19.1. The van der Waals surface area contributed by atoms with Crippen LogP contribution in [0.3, 0.4) is 0 Å². The molecule has 1 fully saturated rings. The Bertz CT molecular complexity index is 771. The molecule has 1 aromatic rings. The van der Waals surface area contributed by atoms with Crippen molar-refractivity contribution in [2.45, 2.75) is 76.8 Å². The first kappa shape index (κ1) is 25.0. The van der Waals surface area contributed by atoms with E-state index in [0.717, 1.165) is 57.1 Å². The van der Waals surface area contributed by atoms with Gasteiger partial charge in [-0.05, 0) is 62.1 Å². The Labute approximate surface area is 179 Å². The second kappa shape index (κ2) is 10.8. The third-order valence-electron chi connectivity index (χ3n) is 5.55. The van der Waals surface area contributed by atoms with Gasteiger partial charge in [-0.3, -0.25) is 0 Å². The van der Waals surface area contributed by atoms with Crippen molar-refractivity contribution < 1.29 is 21.6 Å². The molecular formula is C22H35F3N2O2S. The fraction of sp³-hybridized carbons (Fsp3) is 0.727. The highest BCUT2D eigenvalue weighted by atomic mass is 32.2. The molecule has 0 saturated heterocycles. The summed E-state index contributed by atoms with van der Waals surface area (Å²) in [5.74, 6) is 0.645. The molecule has 0 unspecified atom stereocenters. The van der Waals surface area contributed by atoms with Gasteiger partial charge < -0.3 is 4.90 Å². The standard InChI is InChI=1S/C22H35F3N2O2S/c1-4-7-17(8-5-2)15-26-30(28,29)21-12-11-19(14-20(21)22(23,24)25)27(13-6-3)16-18-9-10-18/h11-12,14,17-18,26H,4-10,13,15-16H2,1-3H3. The van der Waals surface area contributed by atoms with Gasteiger partial charge in [0.15, 0.2) is 0 Å². The summed E-state index contributed by atoms with van der Waals surface area (Å²) in [6, 6.07) is 3.63. The van der Waals surface area contributed by atoms with Crippen molar-refractivity contribution in [1.29, 1.82) is 0 Å². The lowest BCUT2D eigenvalue weighted by molar-refractivity contribution is -0.139. The first-order valence-electron chi connectivity index (χ1n) is 11.1. The van der Waals surface area contributed by atoms with E-state index < -0.39 is 26.7 Å². The van der Waals surface area contributed by atoms with Gasteiger partial charge in [0.25, 0.3) is 0 Å². The minimum atomic E-state index is -4.75. The summed E-state index contributed by atoms with van der Waals surface area (Å²) in [6.07, 6.45) is 1.75. The van der Waals surface area contributed by atoms with E-state index in [1.54, 1.807) is 0 Å². The quantitative estimate of drug-likeness (QED) is 0.413. The maximum Gasteiger partial charge on any atom is 0.417 e. The molecule has 2 rings (SSSR count). The molecule has 1 aromatic carbocycles. The van der Waals surface area contributed by atoms with Gasteiger partial charge in [0.05, 0.1) is 10.5 Å². The Kier molecular flexibility index (Phi) is 9.03. The smallest absolute Gasteiger partial charge is 0.371 e. The van der Waals surface area contributed by atoms with Crippen molar-refractivity contribution in [3.8, 4) is 0 Å². The first-order valence-corrected chi connectivity index (χ1v) is 12.6. The van der Waals surface area contributed by atoms with Crippen molar-refractivity contribution >= 4 is 15.7 Å². The minimum absolute atomic E-state index is 0.127. The predicted molar refractivity (Wildman–Crippen MR) is 115 cm³/mol. The highest BCUT2D eigenvalue weighted by molar-refractivity contribution is 7.89. The largest absolute Gasteiger partial charge is 0.417 e. The molecule has 0 aliphatic heterocycles. The van der Waals surface area contributed by atoms with E-state index in [1.165, 1.54) is 6.07 Å². The molecule has 1 aliphatic carbocycles. The Morgan fingerprint density at radius 1 is 1.10 bits per heavy atom. The van der Waals surface area contributed by atoms with E-state index >= 15 is 0 Å².